The molecule has 6 heteroatoms. The molecule has 1 aliphatic heterocycles. The van der Waals surface area contributed by atoms with Crippen molar-refractivity contribution < 1.29 is 9.53 Å². The third kappa shape index (κ3) is 10.6. The van der Waals surface area contributed by atoms with Gasteiger partial charge in [-0.25, -0.2) is 4.79 Å². The maximum atomic E-state index is 13.8. The molecular weight excluding hydrogens is 538 g/mol. The number of ether oxygens (including phenoxy) is 1. The Hall–Kier alpha value is -3.06. The molecule has 1 saturated heterocycles. The molecule has 2 amide bonds. The Balaban J connectivity index is 1.43. The fourth-order valence-electron chi connectivity index (χ4n) is 5.59. The maximum absolute atomic E-state index is 13.8. The first-order chi connectivity index (χ1) is 20.5. The van der Waals surface area contributed by atoms with E-state index in [4.69, 9.17) is 4.74 Å². The lowest BCUT2D eigenvalue weighted by atomic mass is 9.88. The number of nitrogens with zero attached hydrogens (tertiary/aromatic N) is 2. The molecule has 5 nitrogen and oxygen atoms in total. The average molecular weight is 586 g/mol. The Morgan fingerprint density at radius 3 is 2.05 bits per heavy atom. The fraction of sp³-hybridized carbons (Fsp3) is 0.417. The summed E-state index contributed by atoms with van der Waals surface area (Å²) >= 11 is 1.70. The van der Waals surface area contributed by atoms with E-state index in [2.05, 4.69) is 122 Å². The van der Waals surface area contributed by atoms with E-state index in [1.807, 2.05) is 4.90 Å². The highest BCUT2D eigenvalue weighted by Crippen LogP contribution is 2.29. The number of carbonyl (C=O) groups is 1. The summed E-state index contributed by atoms with van der Waals surface area (Å²) < 4.78 is 5.54. The first-order valence-electron chi connectivity index (χ1n) is 15.3. The van der Waals surface area contributed by atoms with Crippen molar-refractivity contribution in [3.63, 3.8) is 0 Å². The van der Waals surface area contributed by atoms with E-state index in [-0.39, 0.29) is 11.9 Å². The number of benzene rings is 3. The van der Waals surface area contributed by atoms with Crippen molar-refractivity contribution in [3.8, 4) is 0 Å². The number of carbonyl (C=O) groups excluding carboxylic acids is 1. The smallest absolute Gasteiger partial charge is 0.322 e. The highest BCUT2D eigenvalue weighted by atomic mass is 32.2. The fourth-order valence-corrected chi connectivity index (χ4v) is 6.89. The lowest BCUT2D eigenvalue weighted by Crippen LogP contribution is -2.46. The van der Waals surface area contributed by atoms with Crippen LogP contribution in [-0.4, -0.2) is 67.0 Å². The zero-order valence-electron chi connectivity index (χ0n) is 25.3. The highest BCUT2D eigenvalue weighted by Gasteiger charge is 2.22. The Morgan fingerprint density at radius 1 is 0.905 bits per heavy atom. The minimum Gasteiger partial charge on any atom is -0.379 e. The van der Waals surface area contributed by atoms with Crippen molar-refractivity contribution in [2.75, 3.05) is 45.9 Å². The third-order valence-electron chi connectivity index (χ3n) is 7.76. The molecule has 0 aromatic heterocycles. The van der Waals surface area contributed by atoms with E-state index >= 15 is 0 Å². The number of hydrogen-bond acceptors (Lipinski definition) is 4. The minimum absolute atomic E-state index is 0.0661. The monoisotopic (exact) mass is 585 g/mol. The van der Waals surface area contributed by atoms with Crippen LogP contribution in [0.15, 0.2) is 103 Å². The molecule has 1 aliphatic rings. The van der Waals surface area contributed by atoms with Crippen molar-refractivity contribution in [1.29, 1.82) is 0 Å². The Labute approximate surface area is 257 Å². The second-order valence-electron chi connectivity index (χ2n) is 11.5. The van der Waals surface area contributed by atoms with Crippen molar-refractivity contribution in [3.05, 3.63) is 119 Å². The molecule has 1 unspecified atom stereocenters. The quantitative estimate of drug-likeness (QED) is 0.202. The van der Waals surface area contributed by atoms with Crippen LogP contribution in [0.4, 0.5) is 4.79 Å². The molecule has 0 bridgehead atoms. The molecular formula is C36H47N3O2S. The van der Waals surface area contributed by atoms with Crippen LogP contribution in [-0.2, 0) is 11.2 Å². The number of rotatable bonds is 15. The van der Waals surface area contributed by atoms with Crippen LogP contribution in [0.5, 0.6) is 0 Å². The summed E-state index contributed by atoms with van der Waals surface area (Å²) in [6.07, 6.45) is 2.86. The second-order valence-corrected chi connectivity index (χ2v) is 12.9. The number of urea groups is 1. The third-order valence-corrected chi connectivity index (χ3v) is 8.84. The van der Waals surface area contributed by atoms with Gasteiger partial charge in [0.1, 0.15) is 0 Å². The molecule has 0 radical (unpaired) electrons. The number of amides is 2. The van der Waals surface area contributed by atoms with Gasteiger partial charge in [-0.15, -0.1) is 11.8 Å². The molecule has 4 rings (SSSR count). The summed E-state index contributed by atoms with van der Waals surface area (Å²) in [5.41, 5.74) is 3.86. The van der Waals surface area contributed by atoms with Crippen LogP contribution in [0.1, 0.15) is 49.3 Å². The van der Waals surface area contributed by atoms with E-state index < -0.39 is 0 Å². The van der Waals surface area contributed by atoms with Gasteiger partial charge in [-0.3, -0.25) is 4.90 Å². The number of hydrogen-bond donors (Lipinski definition) is 1. The molecule has 1 heterocycles. The van der Waals surface area contributed by atoms with Gasteiger partial charge in [0.25, 0.3) is 0 Å². The summed E-state index contributed by atoms with van der Waals surface area (Å²) in [6, 6.07) is 31.8. The van der Waals surface area contributed by atoms with Crippen molar-refractivity contribution in [1.82, 2.24) is 15.1 Å². The van der Waals surface area contributed by atoms with Gasteiger partial charge in [0.15, 0.2) is 0 Å². The van der Waals surface area contributed by atoms with Gasteiger partial charge in [-0.2, -0.15) is 0 Å². The SMILES string of the molecule is C=C(NC(=O)N(CCC(c1ccccc1)c1ccccc1)CCN1CCOCC1)SC(Cc1ccccc1)CC(C)C. The predicted octanol–water partition coefficient (Wildman–Crippen LogP) is 7.41. The zero-order chi connectivity index (χ0) is 29.6. The topological polar surface area (TPSA) is 44.8 Å². The van der Waals surface area contributed by atoms with Crippen LogP contribution in [0.3, 0.4) is 0 Å². The summed E-state index contributed by atoms with van der Waals surface area (Å²) in [7, 11) is 0. The Kier molecular flexibility index (Phi) is 13.0. The van der Waals surface area contributed by atoms with Crippen LogP contribution in [0.2, 0.25) is 0 Å². The summed E-state index contributed by atoms with van der Waals surface area (Å²) in [5.74, 6) is 0.776. The van der Waals surface area contributed by atoms with E-state index in [0.717, 1.165) is 57.1 Å². The lowest BCUT2D eigenvalue weighted by molar-refractivity contribution is 0.0349. The van der Waals surface area contributed by atoms with Gasteiger partial charge in [0, 0.05) is 43.9 Å². The maximum Gasteiger partial charge on any atom is 0.322 e. The zero-order valence-corrected chi connectivity index (χ0v) is 26.1. The van der Waals surface area contributed by atoms with Crippen LogP contribution in [0, 0.1) is 5.92 Å². The van der Waals surface area contributed by atoms with Gasteiger partial charge in [0.05, 0.1) is 18.2 Å². The lowest BCUT2D eigenvalue weighted by Gasteiger charge is -2.31. The van der Waals surface area contributed by atoms with Crippen molar-refractivity contribution >= 4 is 17.8 Å². The van der Waals surface area contributed by atoms with E-state index in [1.165, 1.54) is 16.7 Å². The van der Waals surface area contributed by atoms with Gasteiger partial charge >= 0.3 is 6.03 Å². The molecule has 0 saturated carbocycles. The molecule has 42 heavy (non-hydrogen) atoms. The average Bonchev–Trinajstić information content (AvgIpc) is 3.00. The Bertz CT molecular complexity index is 1160. The summed E-state index contributed by atoms with van der Waals surface area (Å²) in [5, 5.41) is 4.25. The van der Waals surface area contributed by atoms with Crippen molar-refractivity contribution in [2.45, 2.75) is 44.3 Å². The number of nitrogens with one attached hydrogen (secondary N) is 1. The summed E-state index contributed by atoms with van der Waals surface area (Å²) in [4.78, 5) is 18.1. The van der Waals surface area contributed by atoms with Gasteiger partial charge in [-0.1, -0.05) is 111 Å². The molecule has 3 aromatic carbocycles. The predicted molar refractivity (Wildman–Crippen MR) is 177 cm³/mol. The highest BCUT2D eigenvalue weighted by molar-refractivity contribution is 8.03. The van der Waals surface area contributed by atoms with E-state index in [0.29, 0.717) is 24.3 Å². The van der Waals surface area contributed by atoms with E-state index in [9.17, 15) is 4.79 Å². The van der Waals surface area contributed by atoms with Gasteiger partial charge < -0.3 is 15.0 Å². The van der Waals surface area contributed by atoms with Crippen LogP contribution >= 0.6 is 11.8 Å². The molecule has 0 aliphatic carbocycles. The molecule has 1 N–H and O–H groups in total. The molecule has 0 spiro atoms. The largest absolute Gasteiger partial charge is 0.379 e. The molecule has 3 aromatic rings. The first-order valence-corrected chi connectivity index (χ1v) is 16.2. The van der Waals surface area contributed by atoms with Crippen molar-refractivity contribution in [2.24, 2.45) is 5.92 Å². The van der Waals surface area contributed by atoms with Crippen LogP contribution in [0.25, 0.3) is 0 Å². The number of morpholine rings is 1. The molecule has 1 fully saturated rings. The van der Waals surface area contributed by atoms with Gasteiger partial charge in [-0.05, 0) is 41.9 Å². The standard InChI is InChI=1S/C36H47N3O2S/c1-29(2)27-34(28-31-13-7-4-8-14-31)42-30(3)37-36(40)39(22-21-38-23-25-41-26-24-38)20-19-35(32-15-9-5-10-16-32)33-17-11-6-12-18-33/h4-18,29,34-35H,3,19-28H2,1-2H3,(H,37,40). The van der Waals surface area contributed by atoms with Crippen LogP contribution < -0.4 is 5.32 Å². The molecule has 1 atom stereocenters. The van der Waals surface area contributed by atoms with E-state index in [1.54, 1.807) is 11.8 Å². The second kappa shape index (κ2) is 17.2. The number of thioether (sulfide) groups is 1. The Morgan fingerprint density at radius 2 is 1.48 bits per heavy atom. The first kappa shape index (κ1) is 31.9. The summed E-state index contributed by atoms with van der Waals surface area (Å²) in [6.45, 7) is 14.3. The van der Waals surface area contributed by atoms with Gasteiger partial charge in [0.2, 0.25) is 0 Å². The molecule has 224 valence electrons. The normalized spacial score (nSPS) is 14.6. The minimum atomic E-state index is -0.0661.